The van der Waals surface area contributed by atoms with Crippen molar-refractivity contribution in [2.75, 3.05) is 20.3 Å². The Bertz CT molecular complexity index is 878. The van der Waals surface area contributed by atoms with Crippen LogP contribution in [0.2, 0.25) is 0 Å². The van der Waals surface area contributed by atoms with Gasteiger partial charge in [-0.25, -0.2) is 8.42 Å². The number of sulfonamides is 1. The van der Waals surface area contributed by atoms with Gasteiger partial charge in [0.25, 0.3) is 0 Å². The summed E-state index contributed by atoms with van der Waals surface area (Å²) in [6.45, 7) is 5.87. The molecule has 2 rings (SSSR count). The zero-order chi connectivity index (χ0) is 20.7. The molecule has 0 bridgehead atoms. The highest BCUT2D eigenvalue weighted by molar-refractivity contribution is 7.89. The van der Waals surface area contributed by atoms with E-state index in [4.69, 9.17) is 4.74 Å². The molecule has 1 N–H and O–H groups in total. The fraction of sp³-hybridized carbons (Fsp3) is 0.381. The number of amides is 1. The fourth-order valence-electron chi connectivity index (χ4n) is 2.75. The third-order valence-electron chi connectivity index (χ3n) is 4.28. The topological polar surface area (TPSA) is 75.7 Å². The first-order chi connectivity index (χ1) is 13.2. The Morgan fingerprint density at radius 3 is 2.11 bits per heavy atom. The molecule has 0 saturated carbocycles. The number of carbonyl (C=O) groups excluding carboxylic acids is 1. The molecule has 0 spiro atoms. The van der Waals surface area contributed by atoms with E-state index in [9.17, 15) is 13.2 Å². The average Bonchev–Trinajstić information content (AvgIpc) is 2.63. The van der Waals surface area contributed by atoms with Crippen molar-refractivity contribution < 1.29 is 17.9 Å². The molecular weight excluding hydrogens is 376 g/mol. The van der Waals surface area contributed by atoms with Crippen LogP contribution in [-0.2, 0) is 26.1 Å². The Balaban J connectivity index is 2.27. The SMILES string of the molecule is COC[C@@H](C)NC(=O)CN(Cc1ccc(C)cc1)S(=O)(=O)c1ccc(C)cc1. The van der Waals surface area contributed by atoms with Crippen LogP contribution in [0.25, 0.3) is 0 Å². The van der Waals surface area contributed by atoms with E-state index in [-0.39, 0.29) is 29.9 Å². The molecule has 0 fully saturated rings. The summed E-state index contributed by atoms with van der Waals surface area (Å²) in [6, 6.07) is 14.0. The second kappa shape index (κ2) is 9.82. The van der Waals surface area contributed by atoms with Gasteiger partial charge in [0, 0.05) is 19.7 Å². The maximum absolute atomic E-state index is 13.2. The number of rotatable bonds is 9. The number of aryl methyl sites for hydroxylation is 2. The second-order valence-electron chi connectivity index (χ2n) is 7.00. The number of benzene rings is 2. The molecule has 0 heterocycles. The Hall–Kier alpha value is -2.22. The van der Waals surface area contributed by atoms with Crippen LogP contribution < -0.4 is 5.32 Å². The molecule has 2 aromatic carbocycles. The number of methoxy groups -OCH3 is 1. The highest BCUT2D eigenvalue weighted by Gasteiger charge is 2.27. The lowest BCUT2D eigenvalue weighted by atomic mass is 10.1. The van der Waals surface area contributed by atoms with Gasteiger partial charge in [-0.15, -0.1) is 0 Å². The van der Waals surface area contributed by atoms with Gasteiger partial charge in [-0.3, -0.25) is 4.79 Å². The Morgan fingerprint density at radius 1 is 1.04 bits per heavy atom. The maximum atomic E-state index is 13.2. The van der Waals surface area contributed by atoms with Gasteiger partial charge < -0.3 is 10.1 Å². The first kappa shape index (κ1) is 22.1. The summed E-state index contributed by atoms with van der Waals surface area (Å²) in [6.07, 6.45) is 0. The van der Waals surface area contributed by atoms with E-state index < -0.39 is 10.0 Å². The van der Waals surface area contributed by atoms with Crippen molar-refractivity contribution in [2.45, 2.75) is 38.3 Å². The zero-order valence-electron chi connectivity index (χ0n) is 16.8. The lowest BCUT2D eigenvalue weighted by Gasteiger charge is -2.23. The number of hydrogen-bond acceptors (Lipinski definition) is 4. The smallest absolute Gasteiger partial charge is 0.243 e. The first-order valence-corrected chi connectivity index (χ1v) is 10.6. The minimum Gasteiger partial charge on any atom is -0.383 e. The molecule has 7 heteroatoms. The van der Waals surface area contributed by atoms with Crippen molar-refractivity contribution >= 4 is 15.9 Å². The minimum atomic E-state index is -3.83. The van der Waals surface area contributed by atoms with Crippen LogP contribution in [0.1, 0.15) is 23.6 Å². The maximum Gasteiger partial charge on any atom is 0.243 e. The molecule has 0 aromatic heterocycles. The third-order valence-corrected chi connectivity index (χ3v) is 6.09. The molecule has 6 nitrogen and oxygen atoms in total. The van der Waals surface area contributed by atoms with E-state index in [1.807, 2.05) is 38.1 Å². The third kappa shape index (κ3) is 6.15. The van der Waals surface area contributed by atoms with E-state index in [2.05, 4.69) is 5.32 Å². The molecule has 0 aliphatic carbocycles. The summed E-state index contributed by atoms with van der Waals surface area (Å²) in [5.41, 5.74) is 2.87. The van der Waals surface area contributed by atoms with Crippen LogP contribution in [0, 0.1) is 13.8 Å². The van der Waals surface area contributed by atoms with Crippen LogP contribution in [0.3, 0.4) is 0 Å². The summed E-state index contributed by atoms with van der Waals surface area (Å²) in [4.78, 5) is 12.6. The zero-order valence-corrected chi connectivity index (χ0v) is 17.6. The van der Waals surface area contributed by atoms with E-state index in [1.54, 1.807) is 38.3 Å². The number of nitrogens with one attached hydrogen (secondary N) is 1. The van der Waals surface area contributed by atoms with Crippen molar-refractivity contribution in [2.24, 2.45) is 0 Å². The number of carbonyl (C=O) groups is 1. The molecule has 1 amide bonds. The molecule has 1 atom stereocenters. The average molecular weight is 405 g/mol. The first-order valence-electron chi connectivity index (χ1n) is 9.13. The Morgan fingerprint density at radius 2 is 1.57 bits per heavy atom. The molecule has 0 aliphatic heterocycles. The Labute approximate surface area is 167 Å². The lowest BCUT2D eigenvalue weighted by Crippen LogP contribution is -2.44. The van der Waals surface area contributed by atoms with E-state index in [0.717, 1.165) is 16.7 Å². The molecule has 0 aliphatic rings. The van der Waals surface area contributed by atoms with Crippen molar-refractivity contribution in [1.29, 1.82) is 0 Å². The summed E-state index contributed by atoms with van der Waals surface area (Å²) < 4.78 is 32.6. The molecule has 152 valence electrons. The molecule has 2 aromatic rings. The van der Waals surface area contributed by atoms with Gasteiger partial charge in [-0.1, -0.05) is 47.5 Å². The second-order valence-corrected chi connectivity index (χ2v) is 8.93. The van der Waals surface area contributed by atoms with Crippen LogP contribution in [0.5, 0.6) is 0 Å². The number of nitrogens with zero attached hydrogens (tertiary/aromatic N) is 1. The summed E-state index contributed by atoms with van der Waals surface area (Å²) in [5.74, 6) is -0.368. The highest BCUT2D eigenvalue weighted by Crippen LogP contribution is 2.19. The quantitative estimate of drug-likeness (QED) is 0.697. The van der Waals surface area contributed by atoms with Gasteiger partial charge in [-0.2, -0.15) is 4.31 Å². The van der Waals surface area contributed by atoms with Gasteiger partial charge in [0.2, 0.25) is 15.9 Å². The van der Waals surface area contributed by atoms with Crippen molar-refractivity contribution in [1.82, 2.24) is 9.62 Å². The molecule has 0 unspecified atom stereocenters. The van der Waals surface area contributed by atoms with Crippen molar-refractivity contribution in [3.05, 3.63) is 65.2 Å². The predicted octanol–water partition coefficient (Wildman–Crippen LogP) is 2.65. The highest BCUT2D eigenvalue weighted by atomic mass is 32.2. The van der Waals surface area contributed by atoms with Crippen LogP contribution in [-0.4, -0.2) is 44.9 Å². The van der Waals surface area contributed by atoms with Crippen LogP contribution in [0.15, 0.2) is 53.4 Å². The minimum absolute atomic E-state index is 0.114. The van der Waals surface area contributed by atoms with Crippen molar-refractivity contribution in [3.63, 3.8) is 0 Å². The normalized spacial score (nSPS) is 12.8. The van der Waals surface area contributed by atoms with Crippen LogP contribution in [0.4, 0.5) is 0 Å². The van der Waals surface area contributed by atoms with Crippen LogP contribution >= 0.6 is 0 Å². The molecule has 28 heavy (non-hydrogen) atoms. The van der Waals surface area contributed by atoms with E-state index in [1.165, 1.54) is 4.31 Å². The molecule has 0 saturated heterocycles. The number of hydrogen-bond donors (Lipinski definition) is 1. The molecular formula is C21H28N2O4S. The van der Waals surface area contributed by atoms with E-state index in [0.29, 0.717) is 6.61 Å². The summed E-state index contributed by atoms with van der Waals surface area (Å²) in [5, 5.41) is 2.77. The monoisotopic (exact) mass is 404 g/mol. The molecule has 0 radical (unpaired) electrons. The lowest BCUT2D eigenvalue weighted by molar-refractivity contribution is -0.122. The van der Waals surface area contributed by atoms with E-state index >= 15 is 0 Å². The van der Waals surface area contributed by atoms with Gasteiger partial charge in [0.1, 0.15) is 0 Å². The number of ether oxygens (including phenoxy) is 1. The standard InChI is InChI=1S/C21H28N2O4S/c1-16-5-9-19(10-6-16)13-23(14-21(24)22-18(3)15-27-4)28(25,26)20-11-7-17(2)8-12-20/h5-12,18H,13-15H2,1-4H3,(H,22,24)/t18-/m1/s1. The predicted molar refractivity (Wildman–Crippen MR) is 109 cm³/mol. The summed E-state index contributed by atoms with van der Waals surface area (Å²) >= 11 is 0. The fourth-order valence-corrected chi connectivity index (χ4v) is 4.14. The summed E-state index contributed by atoms with van der Waals surface area (Å²) in [7, 11) is -2.28. The van der Waals surface area contributed by atoms with Gasteiger partial charge in [0.15, 0.2) is 0 Å². The largest absolute Gasteiger partial charge is 0.383 e. The van der Waals surface area contributed by atoms with Gasteiger partial charge in [0.05, 0.1) is 18.0 Å². The van der Waals surface area contributed by atoms with Crippen molar-refractivity contribution in [3.8, 4) is 0 Å². The Kier molecular flexibility index (Phi) is 7.74. The van der Waals surface area contributed by atoms with Gasteiger partial charge >= 0.3 is 0 Å². The van der Waals surface area contributed by atoms with Gasteiger partial charge in [-0.05, 0) is 38.5 Å².